The highest BCUT2D eigenvalue weighted by Gasteiger charge is 2.24. The average Bonchev–Trinajstić information content (AvgIpc) is 3.35. The van der Waals surface area contributed by atoms with E-state index in [4.69, 9.17) is 4.42 Å². The van der Waals surface area contributed by atoms with Gasteiger partial charge in [0.15, 0.2) is 0 Å². The van der Waals surface area contributed by atoms with Gasteiger partial charge >= 0.3 is 6.43 Å². The minimum absolute atomic E-state index is 0.0284. The fourth-order valence-electron chi connectivity index (χ4n) is 2.42. The van der Waals surface area contributed by atoms with Gasteiger partial charge in [-0.1, -0.05) is 13.8 Å². The molecule has 0 aromatic carbocycles. The Morgan fingerprint density at radius 1 is 1.17 bits per heavy atom. The minimum Gasteiger partial charge on any atom is -0.414 e. The fourth-order valence-corrected chi connectivity index (χ4v) is 4.39. The largest absolute Gasteiger partial charge is 0.414 e. The number of thiazole rings is 1. The number of alkyl halides is 2. The Balaban J connectivity index is 1.88. The zero-order valence-corrected chi connectivity index (χ0v) is 17.5. The first-order valence-corrected chi connectivity index (χ1v) is 11.2. The van der Waals surface area contributed by atoms with Gasteiger partial charge in [0.05, 0.1) is 30.4 Å². The lowest BCUT2D eigenvalue weighted by Crippen LogP contribution is -2.32. The molecule has 12 heteroatoms. The Morgan fingerprint density at radius 2 is 1.93 bits per heavy atom. The van der Waals surface area contributed by atoms with Crippen molar-refractivity contribution in [1.82, 2.24) is 20.2 Å². The van der Waals surface area contributed by atoms with Gasteiger partial charge in [-0.3, -0.25) is 9.29 Å². The molecule has 0 bridgehead atoms. The van der Waals surface area contributed by atoms with Gasteiger partial charge in [0.2, 0.25) is 10.0 Å². The summed E-state index contributed by atoms with van der Waals surface area (Å²) in [6.07, 6.45) is 0.0407. The molecule has 156 valence electrons. The Labute approximate surface area is 170 Å². The summed E-state index contributed by atoms with van der Waals surface area (Å²) in [6.45, 7) is 5.52. The molecule has 0 amide bonds. The van der Waals surface area contributed by atoms with Crippen molar-refractivity contribution in [2.75, 3.05) is 10.1 Å². The molecule has 29 heavy (non-hydrogen) atoms. The van der Waals surface area contributed by atoms with E-state index in [1.807, 2.05) is 13.8 Å². The van der Waals surface area contributed by atoms with Crippen LogP contribution in [-0.2, 0) is 16.6 Å². The molecular weight excluding hydrogens is 424 g/mol. The molecule has 8 nitrogen and oxygen atoms in total. The van der Waals surface area contributed by atoms with Crippen molar-refractivity contribution in [3.63, 3.8) is 0 Å². The molecule has 0 aliphatic heterocycles. The molecular formula is C17H19F2N5O3S2. The predicted molar refractivity (Wildman–Crippen MR) is 104 cm³/mol. The maximum Gasteiger partial charge on any atom is 0.314 e. The van der Waals surface area contributed by atoms with E-state index in [0.717, 1.165) is 17.0 Å². The van der Waals surface area contributed by atoms with Crippen LogP contribution < -0.4 is 4.31 Å². The molecule has 0 atom stereocenters. The van der Waals surface area contributed by atoms with Crippen LogP contribution in [0.4, 0.5) is 14.5 Å². The van der Waals surface area contributed by atoms with Crippen molar-refractivity contribution < 1.29 is 21.6 Å². The highest BCUT2D eigenvalue weighted by atomic mass is 32.2. The van der Waals surface area contributed by atoms with E-state index in [1.54, 1.807) is 19.1 Å². The van der Waals surface area contributed by atoms with Crippen LogP contribution in [0.25, 0.3) is 10.8 Å². The number of hydrogen-bond donors (Lipinski definition) is 0. The molecule has 0 saturated carbocycles. The van der Waals surface area contributed by atoms with E-state index in [2.05, 4.69) is 20.2 Å². The molecule has 0 radical (unpaired) electrons. The van der Waals surface area contributed by atoms with Crippen LogP contribution in [0, 0.1) is 0 Å². The smallest absolute Gasteiger partial charge is 0.314 e. The molecule has 3 aromatic rings. The standard InChI is InChI=1S/C17H19F2N5O3S2/c1-4-29(25,26)24(11-5-6-12(10(2)3)20-7-11)9-14-21-8-13(28-14)16-22-23-17(27-16)15(18)19/h5-8,10,15H,4,9H2,1-3H3. The summed E-state index contributed by atoms with van der Waals surface area (Å²) >= 11 is 1.09. The first kappa shape index (κ1) is 21.2. The van der Waals surface area contributed by atoms with Crippen LogP contribution in [0.1, 0.15) is 49.7 Å². The zero-order valence-electron chi connectivity index (χ0n) is 15.9. The predicted octanol–water partition coefficient (Wildman–Crippen LogP) is 4.01. The number of sulfonamides is 1. The maximum absolute atomic E-state index is 12.6. The number of pyridine rings is 1. The molecule has 3 rings (SSSR count). The normalized spacial score (nSPS) is 12.1. The molecule has 0 N–H and O–H groups in total. The highest BCUT2D eigenvalue weighted by molar-refractivity contribution is 7.92. The van der Waals surface area contributed by atoms with E-state index in [1.165, 1.54) is 16.7 Å². The van der Waals surface area contributed by atoms with Crippen molar-refractivity contribution in [1.29, 1.82) is 0 Å². The van der Waals surface area contributed by atoms with E-state index in [0.29, 0.717) is 15.6 Å². The monoisotopic (exact) mass is 443 g/mol. The van der Waals surface area contributed by atoms with Gasteiger partial charge in [-0.25, -0.2) is 13.4 Å². The second kappa shape index (κ2) is 8.49. The van der Waals surface area contributed by atoms with Crippen molar-refractivity contribution in [2.45, 2.75) is 39.7 Å². The zero-order chi connectivity index (χ0) is 21.2. The third-order valence-electron chi connectivity index (χ3n) is 4.02. The van der Waals surface area contributed by atoms with Crippen LogP contribution in [0.15, 0.2) is 28.9 Å². The Morgan fingerprint density at radius 3 is 2.48 bits per heavy atom. The summed E-state index contributed by atoms with van der Waals surface area (Å²) < 4.78 is 56.6. The lowest BCUT2D eigenvalue weighted by atomic mass is 10.1. The van der Waals surface area contributed by atoms with Gasteiger partial charge in [-0.2, -0.15) is 8.78 Å². The van der Waals surface area contributed by atoms with E-state index in [-0.39, 0.29) is 24.1 Å². The Hall–Kier alpha value is -2.47. The minimum atomic E-state index is -3.60. The molecule has 0 unspecified atom stereocenters. The van der Waals surface area contributed by atoms with Crippen LogP contribution in [-0.4, -0.2) is 34.3 Å². The number of aromatic nitrogens is 4. The Kier molecular flexibility index (Phi) is 6.22. The second-order valence-electron chi connectivity index (χ2n) is 6.37. The molecule has 3 heterocycles. The van der Waals surface area contributed by atoms with Gasteiger partial charge in [0.1, 0.15) is 9.88 Å². The van der Waals surface area contributed by atoms with Gasteiger partial charge in [0, 0.05) is 5.69 Å². The summed E-state index contributed by atoms with van der Waals surface area (Å²) in [7, 11) is -3.60. The van der Waals surface area contributed by atoms with E-state index < -0.39 is 22.3 Å². The number of halogens is 2. The Bertz CT molecular complexity index is 1060. The number of anilines is 1. The molecule has 0 spiro atoms. The van der Waals surface area contributed by atoms with Crippen LogP contribution >= 0.6 is 11.3 Å². The first-order valence-electron chi connectivity index (χ1n) is 8.74. The van der Waals surface area contributed by atoms with Crippen molar-refractivity contribution in [3.05, 3.63) is 41.1 Å². The summed E-state index contributed by atoms with van der Waals surface area (Å²) in [4.78, 5) is 8.89. The summed E-state index contributed by atoms with van der Waals surface area (Å²) in [6, 6.07) is 3.49. The SMILES string of the molecule is CCS(=O)(=O)N(Cc1ncc(-c2nnc(C(F)F)o2)s1)c1ccc(C(C)C)nc1. The summed E-state index contributed by atoms with van der Waals surface area (Å²) in [5.74, 6) is -0.744. The molecule has 0 fully saturated rings. The lowest BCUT2D eigenvalue weighted by molar-refractivity contribution is 0.116. The van der Waals surface area contributed by atoms with Crippen molar-refractivity contribution in [3.8, 4) is 10.8 Å². The van der Waals surface area contributed by atoms with Crippen LogP contribution in [0.2, 0.25) is 0 Å². The molecule has 0 aliphatic carbocycles. The fraction of sp³-hybridized carbons (Fsp3) is 0.412. The van der Waals surface area contributed by atoms with Crippen molar-refractivity contribution >= 4 is 27.0 Å². The number of rotatable bonds is 8. The average molecular weight is 444 g/mol. The molecule has 3 aromatic heterocycles. The van der Waals surface area contributed by atoms with Crippen LogP contribution in [0.5, 0.6) is 0 Å². The quantitative estimate of drug-likeness (QED) is 0.518. The third-order valence-corrected chi connectivity index (χ3v) is 6.73. The number of hydrogen-bond acceptors (Lipinski definition) is 8. The lowest BCUT2D eigenvalue weighted by Gasteiger charge is -2.22. The highest BCUT2D eigenvalue weighted by Crippen LogP contribution is 2.30. The topological polar surface area (TPSA) is 102 Å². The van der Waals surface area contributed by atoms with Crippen LogP contribution in [0.3, 0.4) is 0 Å². The second-order valence-corrected chi connectivity index (χ2v) is 9.66. The third kappa shape index (κ3) is 4.75. The van der Waals surface area contributed by atoms with E-state index >= 15 is 0 Å². The van der Waals surface area contributed by atoms with E-state index in [9.17, 15) is 17.2 Å². The van der Waals surface area contributed by atoms with Gasteiger partial charge in [0.25, 0.3) is 11.8 Å². The summed E-state index contributed by atoms with van der Waals surface area (Å²) in [5.41, 5.74) is 1.27. The molecule has 0 aliphatic rings. The van der Waals surface area contributed by atoms with Gasteiger partial charge in [-0.05, 0) is 25.0 Å². The van der Waals surface area contributed by atoms with Crippen molar-refractivity contribution in [2.24, 2.45) is 0 Å². The maximum atomic E-state index is 12.6. The molecule has 0 saturated heterocycles. The van der Waals surface area contributed by atoms with Gasteiger partial charge in [-0.15, -0.1) is 21.5 Å². The summed E-state index contributed by atoms with van der Waals surface area (Å²) in [5, 5.41) is 7.31. The number of nitrogens with zero attached hydrogens (tertiary/aromatic N) is 5. The first-order chi connectivity index (χ1) is 13.7. The van der Waals surface area contributed by atoms with Gasteiger partial charge < -0.3 is 4.42 Å².